The van der Waals surface area contributed by atoms with Crippen LogP contribution >= 0.6 is 0 Å². The van der Waals surface area contributed by atoms with Crippen LogP contribution in [0.3, 0.4) is 0 Å². The van der Waals surface area contributed by atoms with Crippen LogP contribution in [0.25, 0.3) is 0 Å². The van der Waals surface area contributed by atoms with Crippen LogP contribution in [0.15, 0.2) is 36.8 Å². The zero-order chi connectivity index (χ0) is 13.7. The summed E-state index contributed by atoms with van der Waals surface area (Å²) < 4.78 is 1.75. The van der Waals surface area contributed by atoms with Crippen LogP contribution in [0.1, 0.15) is 25.6 Å². The summed E-state index contributed by atoms with van der Waals surface area (Å²) in [6, 6.07) is 5.19. The highest BCUT2D eigenvalue weighted by atomic mass is 16.2. The van der Waals surface area contributed by atoms with E-state index < -0.39 is 0 Å². The summed E-state index contributed by atoms with van der Waals surface area (Å²) in [7, 11) is 0. The van der Waals surface area contributed by atoms with Crippen LogP contribution in [0.2, 0.25) is 0 Å². The molecule has 0 saturated heterocycles. The van der Waals surface area contributed by atoms with Crippen LogP contribution in [0.5, 0.6) is 0 Å². The summed E-state index contributed by atoms with van der Waals surface area (Å²) in [5.41, 5.74) is 1.49. The van der Waals surface area contributed by atoms with E-state index in [0.717, 1.165) is 12.2 Å². The molecule has 100 valence electrons. The second-order valence-corrected chi connectivity index (χ2v) is 4.16. The number of carbonyl (C=O) groups is 1. The first-order valence-electron chi connectivity index (χ1n) is 6.20. The number of nitrogens with zero attached hydrogens (tertiary/aromatic N) is 3. The van der Waals surface area contributed by atoms with E-state index in [1.807, 2.05) is 32.0 Å². The van der Waals surface area contributed by atoms with Crippen LogP contribution in [0.4, 0.5) is 10.5 Å². The molecule has 0 saturated carbocycles. The molecule has 0 aliphatic heterocycles. The minimum absolute atomic E-state index is 0.151. The Morgan fingerprint density at radius 2 is 2.32 bits per heavy atom. The lowest BCUT2D eigenvalue weighted by Crippen LogP contribution is -2.31. The lowest BCUT2D eigenvalue weighted by molar-refractivity contribution is 0.249. The van der Waals surface area contributed by atoms with Crippen LogP contribution in [-0.4, -0.2) is 20.8 Å². The van der Waals surface area contributed by atoms with Crippen LogP contribution < -0.4 is 10.6 Å². The Morgan fingerprint density at radius 3 is 2.95 bits per heavy atom. The SMILES string of the molecule is CCn1cc(NC(=O)NC(C)c2ccccn2)cn1. The summed E-state index contributed by atoms with van der Waals surface area (Å²) in [6.45, 7) is 4.64. The maximum Gasteiger partial charge on any atom is 0.319 e. The molecule has 2 heterocycles. The van der Waals surface area contributed by atoms with Crippen molar-refractivity contribution in [2.45, 2.75) is 26.4 Å². The van der Waals surface area contributed by atoms with Crippen molar-refractivity contribution in [1.29, 1.82) is 0 Å². The first kappa shape index (κ1) is 13.1. The summed E-state index contributed by atoms with van der Waals surface area (Å²) in [5.74, 6) is 0. The maximum atomic E-state index is 11.8. The predicted octanol–water partition coefficient (Wildman–Crippen LogP) is 2.18. The van der Waals surface area contributed by atoms with Crippen molar-refractivity contribution >= 4 is 11.7 Å². The van der Waals surface area contributed by atoms with Crippen molar-refractivity contribution in [2.75, 3.05) is 5.32 Å². The van der Waals surface area contributed by atoms with E-state index in [9.17, 15) is 4.79 Å². The lowest BCUT2D eigenvalue weighted by atomic mass is 10.2. The Balaban J connectivity index is 1.91. The van der Waals surface area contributed by atoms with Crippen molar-refractivity contribution < 1.29 is 4.79 Å². The largest absolute Gasteiger partial charge is 0.330 e. The standard InChI is InChI=1S/C13H17N5O/c1-3-18-9-11(8-15-18)17-13(19)16-10(2)12-6-4-5-7-14-12/h4-10H,3H2,1-2H3,(H2,16,17,19). The van der Waals surface area contributed by atoms with Gasteiger partial charge in [-0.2, -0.15) is 5.10 Å². The summed E-state index contributed by atoms with van der Waals surface area (Å²) in [4.78, 5) is 16.0. The number of anilines is 1. The molecule has 19 heavy (non-hydrogen) atoms. The maximum absolute atomic E-state index is 11.8. The number of hydrogen-bond acceptors (Lipinski definition) is 3. The molecule has 0 radical (unpaired) electrons. The fraction of sp³-hybridized carbons (Fsp3) is 0.308. The van der Waals surface area contributed by atoms with E-state index in [4.69, 9.17) is 0 Å². The molecule has 6 heteroatoms. The number of urea groups is 1. The van der Waals surface area contributed by atoms with E-state index in [1.165, 1.54) is 0 Å². The predicted molar refractivity (Wildman–Crippen MR) is 72.7 cm³/mol. The average Bonchev–Trinajstić information content (AvgIpc) is 2.87. The number of hydrogen-bond donors (Lipinski definition) is 2. The Morgan fingerprint density at radius 1 is 1.47 bits per heavy atom. The highest BCUT2D eigenvalue weighted by Gasteiger charge is 2.10. The van der Waals surface area contributed by atoms with Crippen molar-refractivity contribution in [2.24, 2.45) is 0 Å². The molecule has 1 unspecified atom stereocenters. The summed E-state index contributed by atoms with van der Waals surface area (Å²) >= 11 is 0. The number of pyridine rings is 1. The second kappa shape index (κ2) is 5.99. The third kappa shape index (κ3) is 3.54. The van der Waals surface area contributed by atoms with Crippen molar-refractivity contribution in [3.05, 3.63) is 42.5 Å². The molecule has 0 aromatic carbocycles. The third-order valence-corrected chi connectivity index (χ3v) is 2.69. The van der Waals surface area contributed by atoms with Gasteiger partial charge >= 0.3 is 6.03 Å². The van der Waals surface area contributed by atoms with Gasteiger partial charge in [-0.15, -0.1) is 0 Å². The molecule has 0 aliphatic carbocycles. The van der Waals surface area contributed by atoms with Gasteiger partial charge in [0.25, 0.3) is 0 Å². The molecule has 2 amide bonds. The van der Waals surface area contributed by atoms with Crippen molar-refractivity contribution in [1.82, 2.24) is 20.1 Å². The Hall–Kier alpha value is -2.37. The number of aryl methyl sites for hydroxylation is 1. The van der Waals surface area contributed by atoms with Gasteiger partial charge in [0.05, 0.1) is 23.6 Å². The molecule has 0 aliphatic rings. The number of carbonyl (C=O) groups excluding carboxylic acids is 1. The van der Waals surface area contributed by atoms with Gasteiger partial charge in [-0.1, -0.05) is 6.07 Å². The molecular formula is C13H17N5O. The molecule has 2 aromatic heterocycles. The number of rotatable bonds is 4. The topological polar surface area (TPSA) is 71.8 Å². The smallest absolute Gasteiger partial charge is 0.319 e. The second-order valence-electron chi connectivity index (χ2n) is 4.16. The molecular weight excluding hydrogens is 242 g/mol. The number of amides is 2. The lowest BCUT2D eigenvalue weighted by Gasteiger charge is -2.13. The Kier molecular flexibility index (Phi) is 4.12. The number of nitrogens with one attached hydrogen (secondary N) is 2. The van der Waals surface area contributed by atoms with E-state index >= 15 is 0 Å². The zero-order valence-electron chi connectivity index (χ0n) is 11.0. The molecule has 2 aromatic rings. The number of aromatic nitrogens is 3. The molecule has 2 N–H and O–H groups in total. The molecule has 0 spiro atoms. The molecule has 0 bridgehead atoms. The van der Waals surface area contributed by atoms with E-state index in [2.05, 4.69) is 20.7 Å². The quantitative estimate of drug-likeness (QED) is 0.884. The van der Waals surface area contributed by atoms with E-state index in [0.29, 0.717) is 5.69 Å². The monoisotopic (exact) mass is 259 g/mol. The van der Waals surface area contributed by atoms with Crippen molar-refractivity contribution in [3.8, 4) is 0 Å². The van der Waals surface area contributed by atoms with Crippen molar-refractivity contribution in [3.63, 3.8) is 0 Å². The van der Waals surface area contributed by atoms with Gasteiger partial charge in [0.2, 0.25) is 0 Å². The van der Waals surface area contributed by atoms with Crippen LogP contribution in [0, 0.1) is 0 Å². The van der Waals surface area contributed by atoms with E-state index in [-0.39, 0.29) is 12.1 Å². The molecule has 1 atom stereocenters. The zero-order valence-corrected chi connectivity index (χ0v) is 11.0. The van der Waals surface area contributed by atoms with Gasteiger partial charge in [-0.3, -0.25) is 9.67 Å². The van der Waals surface area contributed by atoms with Gasteiger partial charge < -0.3 is 10.6 Å². The van der Waals surface area contributed by atoms with Gasteiger partial charge in [-0.05, 0) is 26.0 Å². The fourth-order valence-electron chi connectivity index (χ4n) is 1.67. The first-order chi connectivity index (χ1) is 9.19. The van der Waals surface area contributed by atoms with E-state index in [1.54, 1.807) is 23.3 Å². The van der Waals surface area contributed by atoms with Gasteiger partial charge in [0.1, 0.15) is 0 Å². The van der Waals surface area contributed by atoms with Gasteiger partial charge in [0, 0.05) is 18.9 Å². The minimum atomic E-state index is -0.270. The van der Waals surface area contributed by atoms with Gasteiger partial charge in [-0.25, -0.2) is 4.79 Å². The molecule has 6 nitrogen and oxygen atoms in total. The van der Waals surface area contributed by atoms with Gasteiger partial charge in [0.15, 0.2) is 0 Å². The highest BCUT2D eigenvalue weighted by molar-refractivity contribution is 5.89. The normalized spacial score (nSPS) is 11.9. The Bertz CT molecular complexity index is 537. The molecule has 0 fully saturated rings. The summed E-state index contributed by atoms with van der Waals surface area (Å²) in [6.07, 6.45) is 5.11. The highest BCUT2D eigenvalue weighted by Crippen LogP contribution is 2.09. The molecule has 2 rings (SSSR count). The first-order valence-corrected chi connectivity index (χ1v) is 6.20. The Labute approximate surface area is 111 Å². The summed E-state index contributed by atoms with van der Waals surface area (Å²) in [5, 5.41) is 9.65. The third-order valence-electron chi connectivity index (χ3n) is 2.69. The van der Waals surface area contributed by atoms with Crippen LogP contribution in [-0.2, 0) is 6.54 Å². The fourth-order valence-corrected chi connectivity index (χ4v) is 1.67. The minimum Gasteiger partial charge on any atom is -0.330 e. The average molecular weight is 259 g/mol.